The Kier molecular flexibility index (Phi) is 25.6. The van der Waals surface area contributed by atoms with Gasteiger partial charge in [-0.25, -0.2) is 19.9 Å². The monoisotopic (exact) mass is 1410 g/mol. The lowest BCUT2D eigenvalue weighted by molar-refractivity contribution is 0.107. The summed E-state index contributed by atoms with van der Waals surface area (Å²) in [6, 6.07) is 56.4. The first kappa shape index (κ1) is 72.6. The van der Waals surface area contributed by atoms with E-state index in [-0.39, 0.29) is 6.10 Å². The molecule has 0 bridgehead atoms. The number of pyridine rings is 4. The van der Waals surface area contributed by atoms with Crippen molar-refractivity contribution in [3.8, 4) is 0 Å². The van der Waals surface area contributed by atoms with Crippen LogP contribution in [0, 0.1) is 0 Å². The van der Waals surface area contributed by atoms with Crippen LogP contribution in [-0.2, 0) is 44.0 Å². The molecule has 105 heavy (non-hydrogen) atoms. The van der Waals surface area contributed by atoms with Crippen LogP contribution >= 0.6 is 0 Å². The summed E-state index contributed by atoms with van der Waals surface area (Å²) in [4.78, 5) is 34.6. The third-order valence-corrected chi connectivity index (χ3v) is 22.1. The Balaban J connectivity index is 0.000000123. The lowest BCUT2D eigenvalue weighted by Gasteiger charge is -2.32. The number of aliphatic hydroxyl groups is 1. The molecule has 17 rings (SSSR count). The Morgan fingerprint density at radius 3 is 0.962 bits per heavy atom. The van der Waals surface area contributed by atoms with Crippen molar-refractivity contribution < 1.29 is 9.84 Å². The van der Waals surface area contributed by atoms with Crippen molar-refractivity contribution in [3.05, 3.63) is 240 Å². The molecule has 0 radical (unpaired) electrons. The molecule has 1 unspecified atom stereocenters. The van der Waals surface area contributed by atoms with Crippen LogP contribution in [0.5, 0.6) is 0 Å². The zero-order valence-corrected chi connectivity index (χ0v) is 61.4. The summed E-state index contributed by atoms with van der Waals surface area (Å²) in [6.45, 7) is 19.3. The summed E-state index contributed by atoms with van der Waals surface area (Å²) in [6.07, 6.45) is 22.5. The number of hydrogen-bond donors (Lipinski definition) is 1. The van der Waals surface area contributed by atoms with E-state index in [0.29, 0.717) is 23.9 Å². The van der Waals surface area contributed by atoms with Gasteiger partial charge in [0.25, 0.3) is 0 Å². The molecule has 7 fully saturated rings. The summed E-state index contributed by atoms with van der Waals surface area (Å²) < 4.78 is 12.6. The molecule has 7 aliphatic heterocycles. The number of hydrogen-bond acceptors (Lipinski definition) is 19. The minimum absolute atomic E-state index is 0.221. The average molecular weight is 1420 g/mol. The van der Waals surface area contributed by atoms with Gasteiger partial charge in [0.1, 0.15) is 58.2 Å². The first-order valence-corrected chi connectivity index (χ1v) is 38.8. The molecule has 22 nitrogen and oxygen atoms in total. The number of likely N-dealkylation sites (tertiary alicyclic amines) is 3. The average Bonchev–Trinajstić information content (AvgIpc) is 1.70. The van der Waals surface area contributed by atoms with E-state index in [9.17, 15) is 5.11 Å². The van der Waals surface area contributed by atoms with Crippen molar-refractivity contribution in [1.82, 2.24) is 78.9 Å². The molecule has 1 N–H and O–H groups in total. The van der Waals surface area contributed by atoms with E-state index in [2.05, 4.69) is 222 Å². The highest BCUT2D eigenvalue weighted by atomic mass is 16.5. The van der Waals surface area contributed by atoms with Crippen molar-refractivity contribution in [3.63, 3.8) is 0 Å². The Morgan fingerprint density at radius 1 is 0.314 bits per heavy atom. The van der Waals surface area contributed by atoms with Crippen molar-refractivity contribution in [1.29, 1.82) is 0 Å². The third-order valence-electron chi connectivity index (χ3n) is 22.1. The number of nitrogens with zero attached hydrogens (tertiary/aromatic N) is 20. The molecular formula is C83H106N20O2. The van der Waals surface area contributed by atoms with Gasteiger partial charge in [-0.2, -0.15) is 0 Å². The van der Waals surface area contributed by atoms with Gasteiger partial charge in [0.2, 0.25) is 0 Å². The minimum Gasteiger partial charge on any atom is -0.392 e. The number of benzene rings is 3. The zero-order chi connectivity index (χ0) is 71.2. The quantitative estimate of drug-likeness (QED) is 0.0756. The number of aliphatic hydroxyl groups excluding tert-OH is 1. The fraction of sp³-hybridized carbons (Fsp3) is 0.470. The lowest BCUT2D eigenvalue weighted by atomic mass is 9.95. The molecule has 7 saturated heterocycles. The highest BCUT2D eigenvalue weighted by Gasteiger charge is 2.33. The number of piperidine rings is 4. The van der Waals surface area contributed by atoms with E-state index in [1.807, 2.05) is 62.2 Å². The van der Waals surface area contributed by atoms with Gasteiger partial charge in [0, 0.05) is 128 Å². The summed E-state index contributed by atoms with van der Waals surface area (Å²) >= 11 is 0. The highest BCUT2D eigenvalue weighted by molar-refractivity contribution is 5.41. The Bertz CT molecular complexity index is 4120. The molecule has 3 aromatic carbocycles. The van der Waals surface area contributed by atoms with Crippen molar-refractivity contribution in [2.75, 3.05) is 118 Å². The van der Waals surface area contributed by atoms with Crippen LogP contribution in [0.15, 0.2) is 189 Å². The van der Waals surface area contributed by atoms with Crippen LogP contribution in [-0.4, -0.2) is 195 Å². The maximum absolute atomic E-state index is 9.92. The van der Waals surface area contributed by atoms with E-state index >= 15 is 0 Å². The summed E-state index contributed by atoms with van der Waals surface area (Å²) in [5, 5.41) is 38.0. The minimum atomic E-state index is -0.221. The molecule has 22 heteroatoms. The second-order valence-electron chi connectivity index (χ2n) is 29.3. The molecule has 550 valence electrons. The van der Waals surface area contributed by atoms with Crippen LogP contribution in [0.1, 0.15) is 153 Å². The van der Waals surface area contributed by atoms with Crippen LogP contribution in [0.25, 0.3) is 0 Å². The highest BCUT2D eigenvalue weighted by Crippen LogP contribution is 2.34. The fourth-order valence-electron chi connectivity index (χ4n) is 16.1. The van der Waals surface area contributed by atoms with Crippen LogP contribution in [0.3, 0.4) is 0 Å². The summed E-state index contributed by atoms with van der Waals surface area (Å²) in [7, 11) is 1.81. The van der Waals surface area contributed by atoms with E-state index in [0.717, 1.165) is 214 Å². The Labute approximate surface area is 620 Å². The van der Waals surface area contributed by atoms with Gasteiger partial charge in [-0.15, -0.1) is 30.6 Å². The molecule has 14 heterocycles. The number of ether oxygens (including phenoxy) is 1. The third kappa shape index (κ3) is 19.8. The molecule has 10 aromatic rings. The molecule has 0 saturated carbocycles. The molecule has 0 aliphatic carbocycles. The van der Waals surface area contributed by atoms with E-state index < -0.39 is 0 Å². The second-order valence-corrected chi connectivity index (χ2v) is 29.3. The van der Waals surface area contributed by atoms with Gasteiger partial charge in [0.15, 0.2) is 0 Å². The SMILES string of the molecule is CO[C@H]1CCN(Cc2nnc(C3CCN(c4ccccn4)CC3)n2Cc2ccccc2)C1.OC1CCN(Cc2nnc(C3CCN(c4ccccn4)CC3)n2Cc2ccccc2)C1.c1ccc(Cn2c(CN3CCCC3)nnc2C2CCN(c3ccccn3)CC2)cc1.c1ccc(N2CCCCC2)nc1. The zero-order valence-electron chi connectivity index (χ0n) is 61.4. The van der Waals surface area contributed by atoms with E-state index in [4.69, 9.17) is 14.9 Å². The molecule has 0 amide bonds. The maximum Gasteiger partial charge on any atom is 0.147 e. The largest absolute Gasteiger partial charge is 0.392 e. The predicted octanol–water partition coefficient (Wildman–Crippen LogP) is 11.8. The van der Waals surface area contributed by atoms with Crippen molar-refractivity contribution >= 4 is 23.3 Å². The van der Waals surface area contributed by atoms with Crippen molar-refractivity contribution in [2.45, 2.75) is 153 Å². The topological polar surface area (TPSA) is 196 Å². The number of aromatic nitrogens is 13. The smallest absolute Gasteiger partial charge is 0.147 e. The first-order chi connectivity index (χ1) is 51.9. The Morgan fingerprint density at radius 2 is 0.638 bits per heavy atom. The van der Waals surface area contributed by atoms with E-state index in [1.165, 1.54) is 75.0 Å². The molecule has 0 spiro atoms. The molecular weight excluding hydrogens is 1310 g/mol. The number of anilines is 4. The number of methoxy groups -OCH3 is 1. The summed E-state index contributed by atoms with van der Waals surface area (Å²) in [5.74, 6) is 12.2. The second kappa shape index (κ2) is 37.1. The molecule has 7 aromatic heterocycles. The molecule has 2 atom stereocenters. The van der Waals surface area contributed by atoms with E-state index in [1.54, 1.807) is 0 Å². The molecule has 7 aliphatic rings. The predicted molar refractivity (Wildman–Crippen MR) is 413 cm³/mol. The number of rotatable bonds is 20. The number of β-amino-alcohol motifs (C(OH)–C–C–N with tert-alkyl or cyclic N) is 1. The van der Waals surface area contributed by atoms with Gasteiger partial charge in [-0.1, -0.05) is 115 Å². The standard InChI is InChI=1S/C25H32N6O.C24H30N6O.C24H30N6.C10H14N2/c1-32-22-12-14-29(18-22)19-24-27-28-25(31(24)17-20-7-3-2-4-8-20)21-10-15-30(16-11-21)23-9-5-6-13-26-23;31-21-11-13-28(17-21)18-23-26-27-24(30(23)16-19-6-2-1-3-7-19)20-9-14-29(15-10-20)22-8-4-5-12-25-22;1-2-8-20(9-3-1)18-30-23(19-28-14-6-7-15-28)26-27-24(30)21-11-16-29(17-12-21)22-10-4-5-13-25-22;1-4-8-12(9-5-1)10-6-2-3-7-11-10/h2-9,13,21-22H,10-12,14-19H2,1H3;1-8,12,20-21,31H,9-11,13-18H2;1-5,8-10,13,21H,6-7,11-12,14-19H2;2-3,6-7H,1,4-5,8-9H2/t22-;;;/m0.../s1. The van der Waals surface area contributed by atoms with Gasteiger partial charge < -0.3 is 43.1 Å². The van der Waals surface area contributed by atoms with Crippen LogP contribution in [0.2, 0.25) is 0 Å². The maximum atomic E-state index is 9.92. The normalized spacial score (nSPS) is 19.4. The van der Waals surface area contributed by atoms with Crippen molar-refractivity contribution in [2.24, 2.45) is 0 Å². The van der Waals surface area contributed by atoms with Gasteiger partial charge in [-0.05, 0) is 162 Å². The van der Waals surface area contributed by atoms with Gasteiger partial charge in [0.05, 0.1) is 51.5 Å². The Hall–Kier alpha value is -9.32. The summed E-state index contributed by atoms with van der Waals surface area (Å²) in [5.41, 5.74) is 3.86. The lowest BCUT2D eigenvalue weighted by Crippen LogP contribution is -2.34. The van der Waals surface area contributed by atoms with Gasteiger partial charge >= 0.3 is 0 Å². The van der Waals surface area contributed by atoms with Crippen LogP contribution < -0.4 is 19.6 Å². The fourth-order valence-corrected chi connectivity index (χ4v) is 16.1. The van der Waals surface area contributed by atoms with Crippen LogP contribution in [0.4, 0.5) is 23.3 Å². The first-order valence-electron chi connectivity index (χ1n) is 38.8. The van der Waals surface area contributed by atoms with Gasteiger partial charge in [-0.3, -0.25) is 14.7 Å².